The molecule has 140 valence electrons. The van der Waals surface area contributed by atoms with Crippen molar-refractivity contribution in [1.82, 2.24) is 10.3 Å². The molecule has 1 amide bonds. The second-order valence-electron chi connectivity index (χ2n) is 7.17. The third-order valence-corrected chi connectivity index (χ3v) is 5.10. The number of hydrogen-bond donors (Lipinski definition) is 2. The molecule has 1 aromatic heterocycles. The molecule has 26 heavy (non-hydrogen) atoms. The number of methoxy groups -OCH3 is 1. The number of nitrogens with one attached hydrogen (secondary N) is 2. The highest BCUT2D eigenvalue weighted by Crippen LogP contribution is 2.30. The number of ether oxygens (including phenoxy) is 1. The molecule has 6 heteroatoms. The molecule has 0 saturated heterocycles. The minimum atomic E-state index is -0.346. The van der Waals surface area contributed by atoms with Gasteiger partial charge < -0.3 is 20.3 Å². The maximum atomic E-state index is 11.2. The molecule has 1 heterocycles. The molecule has 2 aromatic rings. The molecule has 1 fully saturated rings. The number of carbonyl (C=O) groups is 1. The Morgan fingerprint density at radius 2 is 1.96 bits per heavy atom. The lowest BCUT2D eigenvalue weighted by molar-refractivity contribution is 0.167. The molecule has 0 bridgehead atoms. The Labute approximate surface area is 154 Å². The van der Waals surface area contributed by atoms with E-state index in [9.17, 15) is 4.79 Å². The molecule has 2 N–H and O–H groups in total. The van der Waals surface area contributed by atoms with Crippen LogP contribution in [0.5, 0.6) is 0 Å². The number of benzene rings is 1. The van der Waals surface area contributed by atoms with Crippen molar-refractivity contribution >= 4 is 28.5 Å². The van der Waals surface area contributed by atoms with Crippen LogP contribution in [-0.4, -0.2) is 44.9 Å². The number of nitrogens with zero attached hydrogens (tertiary/aromatic N) is 2. The van der Waals surface area contributed by atoms with Gasteiger partial charge in [-0.1, -0.05) is 18.2 Å². The molecular weight excluding hydrogens is 328 g/mol. The van der Waals surface area contributed by atoms with E-state index in [-0.39, 0.29) is 6.09 Å². The Hall–Kier alpha value is -2.50. The number of carbonyl (C=O) groups excluding carboxylic acids is 1. The van der Waals surface area contributed by atoms with Crippen LogP contribution in [-0.2, 0) is 4.74 Å². The molecule has 1 saturated carbocycles. The summed E-state index contributed by atoms with van der Waals surface area (Å²) >= 11 is 0. The Balaban J connectivity index is 1.62. The lowest BCUT2D eigenvalue weighted by Gasteiger charge is -2.29. The minimum Gasteiger partial charge on any atom is -0.453 e. The summed E-state index contributed by atoms with van der Waals surface area (Å²) in [5.74, 6) is 1.46. The zero-order valence-corrected chi connectivity index (χ0v) is 15.8. The predicted molar refractivity (Wildman–Crippen MR) is 106 cm³/mol. The van der Waals surface area contributed by atoms with Crippen LogP contribution in [0.1, 0.15) is 25.7 Å². The summed E-state index contributed by atoms with van der Waals surface area (Å²) in [5, 5.41) is 7.59. The van der Waals surface area contributed by atoms with Gasteiger partial charge in [-0.05, 0) is 37.7 Å². The molecule has 3 rings (SSSR count). The van der Waals surface area contributed by atoms with Gasteiger partial charge in [-0.25, -0.2) is 9.78 Å². The molecule has 1 aliphatic rings. The Morgan fingerprint density at radius 1 is 1.23 bits per heavy atom. The normalized spacial score (nSPS) is 19.8. The van der Waals surface area contributed by atoms with E-state index in [1.54, 1.807) is 0 Å². The van der Waals surface area contributed by atoms with Crippen LogP contribution < -0.4 is 15.5 Å². The van der Waals surface area contributed by atoms with E-state index < -0.39 is 0 Å². The van der Waals surface area contributed by atoms with Gasteiger partial charge in [-0.3, -0.25) is 0 Å². The summed E-state index contributed by atoms with van der Waals surface area (Å²) in [5.41, 5.74) is 2.19. The Kier molecular flexibility index (Phi) is 5.81. The second-order valence-corrected chi connectivity index (χ2v) is 7.17. The smallest absolute Gasteiger partial charge is 0.406 e. The fourth-order valence-electron chi connectivity index (χ4n) is 3.62. The number of rotatable bonds is 5. The first-order chi connectivity index (χ1) is 12.6. The number of anilines is 2. The van der Waals surface area contributed by atoms with Crippen molar-refractivity contribution in [1.29, 1.82) is 0 Å². The second kappa shape index (κ2) is 8.25. The van der Waals surface area contributed by atoms with Gasteiger partial charge >= 0.3 is 6.09 Å². The van der Waals surface area contributed by atoms with Crippen LogP contribution in [0.3, 0.4) is 0 Å². The molecule has 0 aliphatic heterocycles. The van der Waals surface area contributed by atoms with Crippen LogP contribution in [0.15, 0.2) is 30.3 Å². The van der Waals surface area contributed by atoms with Gasteiger partial charge in [0.2, 0.25) is 0 Å². The van der Waals surface area contributed by atoms with E-state index in [0.717, 1.165) is 37.0 Å². The van der Waals surface area contributed by atoms with Crippen LogP contribution in [0.25, 0.3) is 10.9 Å². The summed E-state index contributed by atoms with van der Waals surface area (Å²) in [6, 6.07) is 10.8. The highest BCUT2D eigenvalue weighted by atomic mass is 16.5. The molecule has 1 aliphatic carbocycles. The molecule has 0 spiro atoms. The van der Waals surface area contributed by atoms with E-state index in [2.05, 4.69) is 52.6 Å². The summed E-state index contributed by atoms with van der Waals surface area (Å²) < 4.78 is 4.63. The van der Waals surface area contributed by atoms with Gasteiger partial charge in [0.15, 0.2) is 0 Å². The van der Waals surface area contributed by atoms with Gasteiger partial charge in [0.05, 0.1) is 12.6 Å². The quantitative estimate of drug-likeness (QED) is 0.856. The van der Waals surface area contributed by atoms with Crippen molar-refractivity contribution in [3.05, 3.63) is 30.3 Å². The zero-order chi connectivity index (χ0) is 18.5. The highest BCUT2D eigenvalue weighted by Gasteiger charge is 2.22. The fourth-order valence-corrected chi connectivity index (χ4v) is 3.62. The van der Waals surface area contributed by atoms with E-state index in [1.165, 1.54) is 18.2 Å². The molecular formula is C20H28N4O2. The van der Waals surface area contributed by atoms with Gasteiger partial charge in [0, 0.05) is 43.8 Å². The van der Waals surface area contributed by atoms with E-state index in [4.69, 9.17) is 4.98 Å². The van der Waals surface area contributed by atoms with Gasteiger partial charge in [0.25, 0.3) is 0 Å². The van der Waals surface area contributed by atoms with Crippen molar-refractivity contribution in [2.45, 2.75) is 31.7 Å². The van der Waals surface area contributed by atoms with E-state index in [1.807, 2.05) is 12.1 Å². The highest BCUT2D eigenvalue weighted by molar-refractivity contribution is 5.93. The zero-order valence-electron chi connectivity index (χ0n) is 15.8. The third-order valence-electron chi connectivity index (χ3n) is 5.10. The number of pyridine rings is 1. The van der Waals surface area contributed by atoms with Crippen molar-refractivity contribution in [2.75, 3.05) is 38.0 Å². The summed E-state index contributed by atoms with van der Waals surface area (Å²) in [7, 11) is 5.52. The largest absolute Gasteiger partial charge is 0.453 e. The van der Waals surface area contributed by atoms with Crippen molar-refractivity contribution < 1.29 is 9.53 Å². The first kappa shape index (κ1) is 18.3. The Morgan fingerprint density at radius 3 is 2.65 bits per heavy atom. The molecule has 6 nitrogen and oxygen atoms in total. The summed E-state index contributed by atoms with van der Waals surface area (Å²) in [6.07, 6.45) is 4.01. The maximum Gasteiger partial charge on any atom is 0.406 e. The number of alkyl carbamates (subject to hydrolysis) is 1. The van der Waals surface area contributed by atoms with Crippen molar-refractivity contribution in [3.63, 3.8) is 0 Å². The first-order valence-corrected chi connectivity index (χ1v) is 9.22. The van der Waals surface area contributed by atoms with Crippen LogP contribution in [0, 0.1) is 5.92 Å². The summed E-state index contributed by atoms with van der Waals surface area (Å²) in [6.45, 7) is 0.693. The lowest BCUT2D eigenvalue weighted by atomic mass is 9.86. The number of para-hydroxylation sites is 1. The first-order valence-electron chi connectivity index (χ1n) is 9.22. The average molecular weight is 356 g/mol. The lowest BCUT2D eigenvalue weighted by Crippen LogP contribution is -2.34. The minimum absolute atomic E-state index is 0.346. The molecule has 0 atom stereocenters. The van der Waals surface area contributed by atoms with Crippen LogP contribution in [0.4, 0.5) is 16.3 Å². The van der Waals surface area contributed by atoms with Gasteiger partial charge in [-0.15, -0.1) is 0 Å². The standard InChI is InChI=1S/C20H28N4O2/c1-24(2)18-12-19(23-17-7-5-4-6-16(17)18)22-15-10-8-14(9-11-15)13-21-20(25)26-3/h4-7,12,14-15H,8-11,13H2,1-3H3,(H,21,25)(H,22,23). The third kappa shape index (κ3) is 4.36. The van der Waals surface area contributed by atoms with E-state index >= 15 is 0 Å². The molecule has 0 unspecified atom stereocenters. The molecule has 0 radical (unpaired) electrons. The maximum absolute atomic E-state index is 11.2. The fraction of sp³-hybridized carbons (Fsp3) is 0.500. The monoisotopic (exact) mass is 356 g/mol. The van der Waals surface area contributed by atoms with Gasteiger partial charge in [0.1, 0.15) is 5.82 Å². The van der Waals surface area contributed by atoms with E-state index in [0.29, 0.717) is 18.5 Å². The molecule has 1 aromatic carbocycles. The number of hydrogen-bond acceptors (Lipinski definition) is 5. The Bertz CT molecular complexity index is 755. The van der Waals surface area contributed by atoms with Crippen molar-refractivity contribution in [2.24, 2.45) is 5.92 Å². The van der Waals surface area contributed by atoms with Crippen molar-refractivity contribution in [3.8, 4) is 0 Å². The summed E-state index contributed by atoms with van der Waals surface area (Å²) in [4.78, 5) is 18.1. The topological polar surface area (TPSA) is 66.5 Å². The number of fused-ring (bicyclic) bond motifs is 1. The number of amides is 1. The van der Waals surface area contributed by atoms with Crippen LogP contribution in [0.2, 0.25) is 0 Å². The van der Waals surface area contributed by atoms with Crippen LogP contribution >= 0.6 is 0 Å². The number of aromatic nitrogens is 1. The predicted octanol–water partition coefficient (Wildman–Crippen LogP) is 3.63. The average Bonchev–Trinajstić information content (AvgIpc) is 2.66. The van der Waals surface area contributed by atoms with Gasteiger partial charge in [-0.2, -0.15) is 0 Å². The SMILES string of the molecule is COC(=O)NCC1CCC(Nc2cc(N(C)C)c3ccccc3n2)CC1.